The first kappa shape index (κ1) is 29.2. The van der Waals surface area contributed by atoms with Gasteiger partial charge >= 0.3 is 18.2 Å². The molecule has 1 fully saturated rings. The van der Waals surface area contributed by atoms with Crippen LogP contribution in [0.5, 0.6) is 11.5 Å². The van der Waals surface area contributed by atoms with Gasteiger partial charge in [0.25, 0.3) is 10.0 Å². The summed E-state index contributed by atoms with van der Waals surface area (Å²) in [6.07, 6.45) is -6.35. The highest BCUT2D eigenvalue weighted by atomic mass is 32.2. The highest BCUT2D eigenvalue weighted by Gasteiger charge is 2.53. The Labute approximate surface area is 226 Å². The average Bonchev–Trinajstić information content (AvgIpc) is 3.63. The molecule has 2 aromatic carbocycles. The van der Waals surface area contributed by atoms with Crippen molar-refractivity contribution in [3.8, 4) is 11.5 Å². The maximum absolute atomic E-state index is 14.0. The molecule has 0 unspecified atom stereocenters. The van der Waals surface area contributed by atoms with Crippen LogP contribution in [0.2, 0.25) is 0 Å². The molecule has 2 aliphatic rings. The smallest absolute Gasteiger partial charge is 0.427 e. The zero-order valence-electron chi connectivity index (χ0n) is 21.5. The molecule has 0 saturated heterocycles. The Morgan fingerprint density at radius 1 is 1.18 bits per heavy atom. The number of carboxylic acid groups (broad SMARTS) is 1. The number of ether oxygens (including phenoxy) is 3. The molecule has 0 aromatic heterocycles. The van der Waals surface area contributed by atoms with E-state index >= 15 is 0 Å². The number of alkyl halides is 3. The number of carbonyl (C=O) groups excluding carboxylic acids is 1. The van der Waals surface area contributed by atoms with E-state index < -0.39 is 51.2 Å². The number of nitrogens with one attached hydrogen (secondary N) is 1. The van der Waals surface area contributed by atoms with Gasteiger partial charge in [0, 0.05) is 18.2 Å². The van der Waals surface area contributed by atoms with Gasteiger partial charge in [-0.1, -0.05) is 0 Å². The predicted molar refractivity (Wildman–Crippen MR) is 132 cm³/mol. The lowest BCUT2D eigenvalue weighted by molar-refractivity contribution is -0.242. The summed E-state index contributed by atoms with van der Waals surface area (Å²) in [5.74, 6) is -2.14. The summed E-state index contributed by atoms with van der Waals surface area (Å²) >= 11 is 0. The number of carbonyl (C=O) groups is 2. The maximum atomic E-state index is 14.0. The molecule has 15 heteroatoms. The Kier molecular flexibility index (Phi) is 7.32. The first-order valence-electron chi connectivity index (χ1n) is 12.0. The van der Waals surface area contributed by atoms with Crippen LogP contribution in [0.3, 0.4) is 0 Å². The number of hydrogen-bond acceptors (Lipinski definition) is 7. The molecule has 2 N–H and O–H groups in total. The molecule has 1 aliphatic heterocycles. The summed E-state index contributed by atoms with van der Waals surface area (Å²) < 4.78 is 97.1. The number of nitrogens with zero attached hydrogens (tertiary/aromatic N) is 1. The average molecular weight is 591 g/mol. The molecule has 218 valence electrons. The van der Waals surface area contributed by atoms with Gasteiger partial charge in [-0.2, -0.15) is 13.2 Å². The van der Waals surface area contributed by atoms with Crippen molar-refractivity contribution in [2.45, 2.75) is 55.9 Å². The van der Waals surface area contributed by atoms with Crippen LogP contribution in [0, 0.1) is 11.2 Å². The van der Waals surface area contributed by atoms with Crippen molar-refractivity contribution in [2.75, 3.05) is 23.3 Å². The maximum Gasteiger partial charge on any atom is 0.427 e. The summed E-state index contributed by atoms with van der Waals surface area (Å²) in [5, 5.41) is 11.8. The SMILES string of the molecule is COc1cc(S(=O)(=O)N2C[C@@H](CC3(C(=O)O)CC3)Oc3ccc(NC(=O)OC(C)(C)C(F)(F)F)cc32)ccc1F. The fourth-order valence-corrected chi connectivity index (χ4v) is 5.69. The van der Waals surface area contributed by atoms with Gasteiger partial charge in [0.2, 0.25) is 5.60 Å². The van der Waals surface area contributed by atoms with Gasteiger partial charge in [0.1, 0.15) is 11.9 Å². The minimum Gasteiger partial charge on any atom is -0.494 e. The highest BCUT2D eigenvalue weighted by Crippen LogP contribution is 2.51. The van der Waals surface area contributed by atoms with Gasteiger partial charge < -0.3 is 19.3 Å². The third kappa shape index (κ3) is 5.60. The van der Waals surface area contributed by atoms with Gasteiger partial charge in [-0.05, 0) is 57.0 Å². The molecule has 0 spiro atoms. The molecule has 10 nitrogen and oxygen atoms in total. The van der Waals surface area contributed by atoms with Gasteiger partial charge in [0.05, 0.1) is 29.7 Å². The lowest BCUT2D eigenvalue weighted by Crippen LogP contribution is -2.45. The number of anilines is 2. The van der Waals surface area contributed by atoms with Crippen molar-refractivity contribution in [3.63, 3.8) is 0 Å². The molecule has 1 amide bonds. The molecule has 0 bridgehead atoms. The summed E-state index contributed by atoms with van der Waals surface area (Å²) in [6.45, 7) is 1.00. The normalized spacial score (nSPS) is 18.3. The Hall–Kier alpha value is -3.75. The highest BCUT2D eigenvalue weighted by molar-refractivity contribution is 7.92. The van der Waals surface area contributed by atoms with Crippen LogP contribution < -0.4 is 19.1 Å². The number of hydrogen-bond donors (Lipinski definition) is 2. The van der Waals surface area contributed by atoms with E-state index in [-0.39, 0.29) is 40.7 Å². The first-order valence-corrected chi connectivity index (χ1v) is 13.4. The Morgan fingerprint density at radius 3 is 2.42 bits per heavy atom. The summed E-state index contributed by atoms with van der Waals surface area (Å²) in [7, 11) is -3.28. The van der Waals surface area contributed by atoms with Crippen LogP contribution in [0.15, 0.2) is 41.3 Å². The zero-order valence-corrected chi connectivity index (χ0v) is 22.4. The van der Waals surface area contributed by atoms with Gasteiger partial charge in [-0.3, -0.25) is 14.4 Å². The monoisotopic (exact) mass is 590 g/mol. The van der Waals surface area contributed by atoms with E-state index in [2.05, 4.69) is 10.1 Å². The third-order valence-corrected chi connectivity index (χ3v) is 8.58. The molecule has 1 heterocycles. The summed E-state index contributed by atoms with van der Waals surface area (Å²) in [6, 6.07) is 6.63. The van der Waals surface area contributed by atoms with Crippen LogP contribution in [0.1, 0.15) is 33.1 Å². The third-order valence-electron chi connectivity index (χ3n) is 6.80. The van der Waals surface area contributed by atoms with Gasteiger partial charge in [-0.15, -0.1) is 0 Å². The minimum atomic E-state index is -4.85. The molecule has 1 aliphatic carbocycles. The van der Waals surface area contributed by atoms with E-state index in [1.807, 2.05) is 0 Å². The van der Waals surface area contributed by atoms with Crippen LogP contribution in [0.25, 0.3) is 0 Å². The van der Waals surface area contributed by atoms with Gasteiger partial charge in [-0.25, -0.2) is 17.6 Å². The molecule has 40 heavy (non-hydrogen) atoms. The van der Waals surface area contributed by atoms with E-state index in [9.17, 15) is 40.7 Å². The van der Waals surface area contributed by atoms with Crippen LogP contribution in [-0.2, 0) is 19.6 Å². The second-order valence-corrected chi connectivity index (χ2v) is 11.9. The Bertz CT molecular complexity index is 1440. The van der Waals surface area contributed by atoms with E-state index in [1.165, 1.54) is 12.1 Å². The van der Waals surface area contributed by atoms with E-state index in [4.69, 9.17) is 9.47 Å². The van der Waals surface area contributed by atoms with Gasteiger partial charge in [0.15, 0.2) is 11.6 Å². The number of benzene rings is 2. The van der Waals surface area contributed by atoms with Crippen molar-refractivity contribution < 1.29 is 54.9 Å². The van der Waals surface area contributed by atoms with Crippen LogP contribution in [0.4, 0.5) is 33.7 Å². The molecule has 1 atom stereocenters. The summed E-state index contributed by atoms with van der Waals surface area (Å²) in [4.78, 5) is 23.6. The van der Waals surface area contributed by atoms with E-state index in [0.717, 1.165) is 35.7 Å². The summed E-state index contributed by atoms with van der Waals surface area (Å²) in [5.41, 5.74) is -4.05. The van der Waals surface area contributed by atoms with Crippen LogP contribution >= 0.6 is 0 Å². The van der Waals surface area contributed by atoms with Crippen molar-refractivity contribution in [2.24, 2.45) is 5.41 Å². The van der Waals surface area contributed by atoms with Crippen molar-refractivity contribution in [1.29, 1.82) is 0 Å². The zero-order chi connectivity index (χ0) is 29.7. The van der Waals surface area contributed by atoms with Crippen molar-refractivity contribution >= 4 is 33.5 Å². The lowest BCUT2D eigenvalue weighted by Gasteiger charge is -2.36. The fourth-order valence-electron chi connectivity index (χ4n) is 4.18. The Morgan fingerprint density at radius 2 is 1.85 bits per heavy atom. The number of carboxylic acids is 1. The largest absolute Gasteiger partial charge is 0.494 e. The van der Waals surface area contributed by atoms with E-state index in [1.54, 1.807) is 0 Å². The number of sulfonamides is 1. The Balaban J connectivity index is 1.70. The number of fused-ring (bicyclic) bond motifs is 1. The van der Waals surface area contributed by atoms with Crippen molar-refractivity contribution in [1.82, 2.24) is 0 Å². The number of halogens is 4. The number of amides is 1. The molecular formula is C25H26F4N2O8S. The number of aliphatic carboxylic acids is 1. The molecule has 4 rings (SSSR count). The van der Waals surface area contributed by atoms with E-state index in [0.29, 0.717) is 26.7 Å². The molecule has 0 radical (unpaired) electrons. The molecule has 1 saturated carbocycles. The molecule has 2 aromatic rings. The van der Waals surface area contributed by atoms with Crippen LogP contribution in [-0.4, -0.2) is 57.1 Å². The molecular weight excluding hydrogens is 564 g/mol. The lowest BCUT2D eigenvalue weighted by atomic mass is 9.97. The number of rotatable bonds is 8. The van der Waals surface area contributed by atoms with Crippen molar-refractivity contribution in [3.05, 3.63) is 42.2 Å². The number of methoxy groups -OCH3 is 1. The quantitative estimate of drug-likeness (QED) is 0.414. The topological polar surface area (TPSA) is 131 Å². The second-order valence-electron chi connectivity index (χ2n) is 10.1. The predicted octanol–water partition coefficient (Wildman–Crippen LogP) is 4.93. The standard InChI is InChI=1S/C25H26F4N2O8S/c1-23(2,25(27,28)29)39-22(34)30-14-4-7-19-18(10-14)31(13-15(38-19)12-24(8-9-24)21(32)33)40(35,36)16-5-6-17(26)20(11-16)37-3/h4-7,10-11,15H,8-9,12-13H2,1-3H3,(H,30,34)(H,32,33)/t15-/m1/s1. The first-order chi connectivity index (χ1) is 18.5. The second kappa shape index (κ2) is 10.0. The minimum absolute atomic E-state index is 0.0133. The fraction of sp³-hybridized carbons (Fsp3) is 0.440.